The topological polar surface area (TPSA) is 42.2 Å². The number of rotatable bonds is 2. The molecule has 3 nitrogen and oxygen atoms in total. The fourth-order valence-electron chi connectivity index (χ4n) is 2.24. The molecule has 0 amide bonds. The van der Waals surface area contributed by atoms with Crippen LogP contribution in [0.15, 0.2) is 29.1 Å². The molecular weight excluding hydrogens is 238 g/mol. The van der Waals surface area contributed by atoms with Gasteiger partial charge in [0, 0.05) is 12.0 Å². The zero-order chi connectivity index (χ0) is 14.2. The molecule has 0 saturated heterocycles. The third-order valence-electron chi connectivity index (χ3n) is 3.63. The number of benzene rings is 1. The summed E-state index contributed by atoms with van der Waals surface area (Å²) < 4.78 is 0.766. The highest BCUT2D eigenvalue weighted by atomic mass is 16.5. The van der Waals surface area contributed by atoms with Gasteiger partial charge in [-0.2, -0.15) is 4.73 Å². The van der Waals surface area contributed by atoms with E-state index in [1.165, 1.54) is 11.1 Å². The van der Waals surface area contributed by atoms with E-state index >= 15 is 0 Å². The Kier molecular flexibility index (Phi) is 3.47. The van der Waals surface area contributed by atoms with Crippen molar-refractivity contribution in [2.45, 2.75) is 34.1 Å². The molecule has 1 N–H and O–H groups in total. The molecule has 0 fully saturated rings. The fourth-order valence-corrected chi connectivity index (χ4v) is 2.24. The van der Waals surface area contributed by atoms with Crippen LogP contribution in [-0.4, -0.2) is 9.94 Å². The van der Waals surface area contributed by atoms with Crippen molar-refractivity contribution in [2.75, 3.05) is 0 Å². The van der Waals surface area contributed by atoms with Gasteiger partial charge in [0.2, 0.25) is 0 Å². The molecule has 2 aromatic rings. The molecule has 0 unspecified atom stereocenters. The number of nitrogens with zero attached hydrogens (tertiary/aromatic N) is 1. The van der Waals surface area contributed by atoms with Crippen molar-refractivity contribution in [3.63, 3.8) is 0 Å². The number of pyridine rings is 1. The number of hydrogen-bond donors (Lipinski definition) is 1. The van der Waals surface area contributed by atoms with Gasteiger partial charge in [0.15, 0.2) is 0 Å². The van der Waals surface area contributed by atoms with Crippen LogP contribution in [-0.2, 0) is 6.42 Å². The van der Waals surface area contributed by atoms with Gasteiger partial charge < -0.3 is 5.21 Å². The molecule has 1 heterocycles. The fraction of sp³-hybridized carbons (Fsp3) is 0.312. The second-order valence-corrected chi connectivity index (χ2v) is 5.17. The van der Waals surface area contributed by atoms with Crippen LogP contribution >= 0.6 is 0 Å². The minimum Gasteiger partial charge on any atom is -0.425 e. The van der Waals surface area contributed by atoms with E-state index in [0.29, 0.717) is 17.7 Å². The zero-order valence-corrected chi connectivity index (χ0v) is 11.8. The second-order valence-electron chi connectivity index (χ2n) is 5.17. The van der Waals surface area contributed by atoms with Gasteiger partial charge in [-0.05, 0) is 50.5 Å². The van der Waals surface area contributed by atoms with Crippen molar-refractivity contribution in [3.8, 4) is 0 Å². The van der Waals surface area contributed by atoms with Gasteiger partial charge in [0.1, 0.15) is 0 Å². The zero-order valence-electron chi connectivity index (χ0n) is 11.8. The number of aryl methyl sites for hydroxylation is 3. The Morgan fingerprint density at radius 1 is 1.05 bits per heavy atom. The smallest absolute Gasteiger partial charge is 0.286 e. The highest BCUT2D eigenvalue weighted by molar-refractivity contribution is 5.35. The molecule has 1 aromatic carbocycles. The van der Waals surface area contributed by atoms with Crippen LogP contribution in [0.25, 0.3) is 0 Å². The van der Waals surface area contributed by atoms with E-state index in [2.05, 4.69) is 13.0 Å². The van der Waals surface area contributed by atoms with Gasteiger partial charge in [-0.1, -0.05) is 23.8 Å². The maximum Gasteiger partial charge on any atom is 0.286 e. The van der Waals surface area contributed by atoms with Crippen LogP contribution in [0.3, 0.4) is 0 Å². The van der Waals surface area contributed by atoms with Gasteiger partial charge in [-0.25, -0.2) is 0 Å². The molecule has 0 radical (unpaired) electrons. The molecule has 0 aliphatic rings. The molecule has 0 atom stereocenters. The minimum absolute atomic E-state index is 0.334. The summed E-state index contributed by atoms with van der Waals surface area (Å²) in [5.74, 6) is 0. The van der Waals surface area contributed by atoms with E-state index in [1.54, 1.807) is 6.92 Å². The Morgan fingerprint density at radius 3 is 2.37 bits per heavy atom. The van der Waals surface area contributed by atoms with E-state index < -0.39 is 0 Å². The summed E-state index contributed by atoms with van der Waals surface area (Å²) in [4.78, 5) is 11.9. The molecule has 0 aliphatic heterocycles. The Balaban J connectivity index is 2.47. The average Bonchev–Trinajstić information content (AvgIpc) is 2.36. The maximum absolute atomic E-state index is 11.9. The Bertz CT molecular complexity index is 684. The van der Waals surface area contributed by atoms with Gasteiger partial charge in [-0.3, -0.25) is 4.79 Å². The van der Waals surface area contributed by atoms with E-state index in [0.717, 1.165) is 15.9 Å². The summed E-state index contributed by atoms with van der Waals surface area (Å²) in [5, 5.41) is 9.91. The summed E-state index contributed by atoms with van der Waals surface area (Å²) >= 11 is 0. The molecular formula is C16H19NO2. The van der Waals surface area contributed by atoms with E-state index in [-0.39, 0.29) is 5.56 Å². The molecule has 19 heavy (non-hydrogen) atoms. The molecule has 1 aromatic heterocycles. The third-order valence-corrected chi connectivity index (χ3v) is 3.63. The van der Waals surface area contributed by atoms with E-state index in [4.69, 9.17) is 0 Å². The number of aromatic nitrogens is 1. The van der Waals surface area contributed by atoms with Crippen molar-refractivity contribution in [1.29, 1.82) is 0 Å². The summed E-state index contributed by atoms with van der Waals surface area (Å²) in [6, 6.07) is 8.07. The SMILES string of the molecule is Cc1ccc(Cc2cc(C)c(C)c(=O)n2O)c(C)c1. The first kappa shape index (κ1) is 13.4. The van der Waals surface area contributed by atoms with Crippen LogP contribution in [0.2, 0.25) is 0 Å². The van der Waals surface area contributed by atoms with Crippen LogP contribution < -0.4 is 5.56 Å². The molecule has 0 spiro atoms. The summed E-state index contributed by atoms with van der Waals surface area (Å²) in [6.45, 7) is 7.71. The Morgan fingerprint density at radius 2 is 1.74 bits per heavy atom. The summed E-state index contributed by atoms with van der Waals surface area (Å²) in [6.07, 6.45) is 0.555. The standard InChI is InChI=1S/C16H19NO2/c1-10-5-6-14(12(3)7-10)9-15-8-11(2)13(4)16(18)17(15)19/h5-8,19H,9H2,1-4H3. The maximum atomic E-state index is 11.9. The van der Waals surface area contributed by atoms with Crippen molar-refractivity contribution < 1.29 is 5.21 Å². The molecule has 0 aliphatic carbocycles. The first-order valence-electron chi connectivity index (χ1n) is 6.37. The van der Waals surface area contributed by atoms with Crippen molar-refractivity contribution in [1.82, 2.24) is 4.73 Å². The molecule has 3 heteroatoms. The first-order chi connectivity index (χ1) is 8.90. The molecule has 0 bridgehead atoms. The summed E-state index contributed by atoms with van der Waals surface area (Å²) in [5.41, 5.74) is 5.30. The second kappa shape index (κ2) is 4.92. The van der Waals surface area contributed by atoms with Crippen LogP contribution in [0.1, 0.15) is 33.5 Å². The largest absolute Gasteiger partial charge is 0.425 e. The summed E-state index contributed by atoms with van der Waals surface area (Å²) in [7, 11) is 0. The Hall–Kier alpha value is -2.03. The first-order valence-corrected chi connectivity index (χ1v) is 6.37. The quantitative estimate of drug-likeness (QED) is 0.840. The molecule has 0 saturated carbocycles. The third kappa shape index (κ3) is 2.55. The normalized spacial score (nSPS) is 10.7. The van der Waals surface area contributed by atoms with E-state index in [1.807, 2.05) is 32.0 Å². The van der Waals surface area contributed by atoms with Crippen LogP contribution in [0, 0.1) is 27.7 Å². The number of hydrogen-bond acceptors (Lipinski definition) is 2. The Labute approximate surface area is 113 Å². The van der Waals surface area contributed by atoms with Crippen LogP contribution in [0.5, 0.6) is 0 Å². The van der Waals surface area contributed by atoms with Crippen LogP contribution in [0.4, 0.5) is 0 Å². The molecule has 100 valence electrons. The van der Waals surface area contributed by atoms with E-state index in [9.17, 15) is 10.0 Å². The predicted molar refractivity (Wildman–Crippen MR) is 76.1 cm³/mol. The van der Waals surface area contributed by atoms with Crippen molar-refractivity contribution in [3.05, 3.63) is 68.1 Å². The lowest BCUT2D eigenvalue weighted by atomic mass is 10.0. The van der Waals surface area contributed by atoms with Gasteiger partial charge >= 0.3 is 0 Å². The average molecular weight is 257 g/mol. The monoisotopic (exact) mass is 257 g/mol. The van der Waals surface area contributed by atoms with Gasteiger partial charge in [0.05, 0.1) is 5.69 Å². The molecule has 2 rings (SSSR count). The lowest BCUT2D eigenvalue weighted by molar-refractivity contribution is 0.165. The highest BCUT2D eigenvalue weighted by Crippen LogP contribution is 2.16. The lowest BCUT2D eigenvalue weighted by Crippen LogP contribution is -2.24. The lowest BCUT2D eigenvalue weighted by Gasteiger charge is -2.12. The highest BCUT2D eigenvalue weighted by Gasteiger charge is 2.10. The van der Waals surface area contributed by atoms with Crippen molar-refractivity contribution >= 4 is 0 Å². The van der Waals surface area contributed by atoms with Gasteiger partial charge in [-0.15, -0.1) is 0 Å². The minimum atomic E-state index is -0.334. The van der Waals surface area contributed by atoms with Crippen molar-refractivity contribution in [2.24, 2.45) is 0 Å². The predicted octanol–water partition coefficient (Wildman–Crippen LogP) is 2.91. The van der Waals surface area contributed by atoms with Gasteiger partial charge in [0.25, 0.3) is 5.56 Å².